The quantitative estimate of drug-likeness (QED) is 0.817. The van der Waals surface area contributed by atoms with Gasteiger partial charge >= 0.3 is 6.03 Å². The van der Waals surface area contributed by atoms with Crippen LogP contribution in [-0.4, -0.2) is 36.5 Å². The number of hydrogen-bond acceptors (Lipinski definition) is 3. The molecule has 5 heteroatoms. The fourth-order valence-electron chi connectivity index (χ4n) is 2.47. The molecule has 114 valence electrons. The number of ether oxygens (including phenoxy) is 1. The van der Waals surface area contributed by atoms with Crippen LogP contribution in [0.1, 0.15) is 25.8 Å². The first kappa shape index (κ1) is 15.4. The van der Waals surface area contributed by atoms with Crippen molar-refractivity contribution in [3.63, 3.8) is 0 Å². The molecule has 3 amide bonds. The summed E-state index contributed by atoms with van der Waals surface area (Å²) in [7, 11) is 1.64. The summed E-state index contributed by atoms with van der Waals surface area (Å²) in [6.07, 6.45) is 1.55. The average Bonchev–Trinajstić information content (AvgIpc) is 2.75. The maximum Gasteiger partial charge on any atom is 0.324 e. The average molecular weight is 290 g/mol. The summed E-state index contributed by atoms with van der Waals surface area (Å²) < 4.78 is 5.18. The number of nitrogens with zero attached hydrogens (tertiary/aromatic N) is 1. The lowest BCUT2D eigenvalue weighted by Crippen LogP contribution is -2.35. The predicted octanol–water partition coefficient (Wildman–Crippen LogP) is 2.20. The van der Waals surface area contributed by atoms with Gasteiger partial charge in [-0.05, 0) is 36.5 Å². The Morgan fingerprint density at radius 1 is 1.33 bits per heavy atom. The van der Waals surface area contributed by atoms with Gasteiger partial charge in [0.1, 0.15) is 11.8 Å². The van der Waals surface area contributed by atoms with Crippen LogP contribution in [0.5, 0.6) is 5.75 Å². The maximum absolute atomic E-state index is 12.1. The first-order valence-corrected chi connectivity index (χ1v) is 7.27. The van der Waals surface area contributed by atoms with E-state index in [0.29, 0.717) is 6.54 Å². The topological polar surface area (TPSA) is 58.6 Å². The SMILES string of the molecule is COc1cccc(CCCN2C(=O)NC(C(C)C)C2=O)c1. The monoisotopic (exact) mass is 290 g/mol. The van der Waals surface area contributed by atoms with E-state index < -0.39 is 0 Å². The molecule has 1 aromatic rings. The summed E-state index contributed by atoms with van der Waals surface area (Å²) in [4.78, 5) is 25.3. The molecule has 1 aliphatic rings. The number of nitrogens with one attached hydrogen (secondary N) is 1. The summed E-state index contributed by atoms with van der Waals surface area (Å²) in [5, 5.41) is 2.74. The van der Waals surface area contributed by atoms with E-state index in [4.69, 9.17) is 4.74 Å². The van der Waals surface area contributed by atoms with Crippen LogP contribution in [0.3, 0.4) is 0 Å². The van der Waals surface area contributed by atoms with E-state index in [1.54, 1.807) is 7.11 Å². The molecule has 0 spiro atoms. The standard InChI is InChI=1S/C16H22N2O3/c1-11(2)14-15(19)18(16(20)17-14)9-5-7-12-6-4-8-13(10-12)21-3/h4,6,8,10-11,14H,5,7,9H2,1-3H3,(H,17,20). The van der Waals surface area contributed by atoms with Crippen molar-refractivity contribution < 1.29 is 14.3 Å². The molecule has 0 radical (unpaired) electrons. The van der Waals surface area contributed by atoms with Crippen LogP contribution in [0.15, 0.2) is 24.3 Å². The summed E-state index contributed by atoms with van der Waals surface area (Å²) in [5.74, 6) is 0.827. The smallest absolute Gasteiger partial charge is 0.324 e. The van der Waals surface area contributed by atoms with Crippen molar-refractivity contribution in [1.29, 1.82) is 0 Å². The van der Waals surface area contributed by atoms with E-state index in [1.165, 1.54) is 4.90 Å². The van der Waals surface area contributed by atoms with Crippen LogP contribution < -0.4 is 10.1 Å². The van der Waals surface area contributed by atoms with E-state index in [1.807, 2.05) is 38.1 Å². The fraction of sp³-hybridized carbons (Fsp3) is 0.500. The van der Waals surface area contributed by atoms with E-state index >= 15 is 0 Å². The number of methoxy groups -OCH3 is 1. The van der Waals surface area contributed by atoms with Gasteiger partial charge in [-0.25, -0.2) is 4.79 Å². The molecule has 1 aliphatic heterocycles. The number of amides is 3. The Labute approximate surface area is 125 Å². The second-order valence-corrected chi connectivity index (χ2v) is 5.62. The van der Waals surface area contributed by atoms with Crippen LogP contribution >= 0.6 is 0 Å². The molecule has 2 rings (SSSR count). The predicted molar refractivity (Wildman–Crippen MR) is 80.2 cm³/mol. The lowest BCUT2D eigenvalue weighted by Gasteiger charge is -2.14. The molecular formula is C16H22N2O3. The van der Waals surface area contributed by atoms with E-state index in [-0.39, 0.29) is 23.9 Å². The third kappa shape index (κ3) is 3.54. The summed E-state index contributed by atoms with van der Waals surface area (Å²) in [6.45, 7) is 4.32. The molecule has 21 heavy (non-hydrogen) atoms. The Balaban J connectivity index is 1.88. The second kappa shape index (κ2) is 6.61. The zero-order valence-electron chi connectivity index (χ0n) is 12.8. The van der Waals surface area contributed by atoms with Gasteiger partial charge in [-0.15, -0.1) is 0 Å². The van der Waals surface area contributed by atoms with Gasteiger partial charge in [0.2, 0.25) is 0 Å². The first-order chi connectivity index (χ1) is 10.0. The number of imide groups is 1. The molecule has 1 aromatic carbocycles. The lowest BCUT2D eigenvalue weighted by atomic mass is 10.0. The maximum atomic E-state index is 12.1. The second-order valence-electron chi connectivity index (χ2n) is 5.62. The number of hydrogen-bond donors (Lipinski definition) is 1. The molecule has 1 atom stereocenters. The van der Waals surface area contributed by atoms with Crippen molar-refractivity contribution >= 4 is 11.9 Å². The van der Waals surface area contributed by atoms with Crippen LogP contribution in [0, 0.1) is 5.92 Å². The van der Waals surface area contributed by atoms with Gasteiger partial charge in [-0.3, -0.25) is 9.69 Å². The number of rotatable bonds is 6. The molecule has 1 saturated heterocycles. The normalized spacial score (nSPS) is 18.3. The molecule has 0 bridgehead atoms. The molecular weight excluding hydrogens is 268 g/mol. The Morgan fingerprint density at radius 3 is 2.71 bits per heavy atom. The Bertz CT molecular complexity index is 528. The summed E-state index contributed by atoms with van der Waals surface area (Å²) in [6, 6.07) is 7.18. The Morgan fingerprint density at radius 2 is 2.10 bits per heavy atom. The first-order valence-electron chi connectivity index (χ1n) is 7.27. The largest absolute Gasteiger partial charge is 0.497 e. The number of carbonyl (C=O) groups is 2. The Hall–Kier alpha value is -2.04. The highest BCUT2D eigenvalue weighted by Gasteiger charge is 2.38. The molecule has 5 nitrogen and oxygen atoms in total. The highest BCUT2D eigenvalue weighted by molar-refractivity contribution is 6.04. The number of aryl methyl sites for hydroxylation is 1. The molecule has 0 aromatic heterocycles. The zero-order valence-corrected chi connectivity index (χ0v) is 12.8. The minimum Gasteiger partial charge on any atom is -0.497 e. The molecule has 1 N–H and O–H groups in total. The van der Waals surface area contributed by atoms with Crippen LogP contribution in [-0.2, 0) is 11.2 Å². The zero-order chi connectivity index (χ0) is 15.4. The van der Waals surface area contributed by atoms with Gasteiger partial charge in [0.05, 0.1) is 7.11 Å². The highest BCUT2D eigenvalue weighted by atomic mass is 16.5. The van der Waals surface area contributed by atoms with Gasteiger partial charge in [-0.2, -0.15) is 0 Å². The van der Waals surface area contributed by atoms with Crippen molar-refractivity contribution in [3.8, 4) is 5.75 Å². The van der Waals surface area contributed by atoms with Crippen LogP contribution in [0.2, 0.25) is 0 Å². The van der Waals surface area contributed by atoms with Crippen molar-refractivity contribution in [2.45, 2.75) is 32.7 Å². The van der Waals surface area contributed by atoms with Crippen LogP contribution in [0.25, 0.3) is 0 Å². The number of benzene rings is 1. The minimum absolute atomic E-state index is 0.111. The molecule has 0 saturated carbocycles. The molecule has 1 heterocycles. The molecule has 1 unspecified atom stereocenters. The third-order valence-electron chi connectivity index (χ3n) is 3.70. The minimum atomic E-state index is -0.380. The van der Waals surface area contributed by atoms with Gasteiger partial charge in [0.25, 0.3) is 5.91 Å². The van der Waals surface area contributed by atoms with Gasteiger partial charge in [0.15, 0.2) is 0 Å². The van der Waals surface area contributed by atoms with E-state index in [2.05, 4.69) is 5.32 Å². The number of urea groups is 1. The van der Waals surface area contributed by atoms with E-state index in [0.717, 1.165) is 24.2 Å². The van der Waals surface area contributed by atoms with Crippen molar-refractivity contribution in [3.05, 3.63) is 29.8 Å². The summed E-state index contributed by atoms with van der Waals surface area (Å²) in [5.41, 5.74) is 1.14. The van der Waals surface area contributed by atoms with Crippen molar-refractivity contribution in [1.82, 2.24) is 10.2 Å². The van der Waals surface area contributed by atoms with Gasteiger partial charge in [-0.1, -0.05) is 26.0 Å². The van der Waals surface area contributed by atoms with Crippen molar-refractivity contribution in [2.75, 3.05) is 13.7 Å². The van der Waals surface area contributed by atoms with E-state index in [9.17, 15) is 9.59 Å². The Kier molecular flexibility index (Phi) is 4.83. The lowest BCUT2D eigenvalue weighted by molar-refractivity contribution is -0.128. The summed E-state index contributed by atoms with van der Waals surface area (Å²) >= 11 is 0. The van der Waals surface area contributed by atoms with Crippen LogP contribution in [0.4, 0.5) is 4.79 Å². The molecule has 0 aliphatic carbocycles. The van der Waals surface area contributed by atoms with Gasteiger partial charge < -0.3 is 10.1 Å². The van der Waals surface area contributed by atoms with Gasteiger partial charge in [0, 0.05) is 6.54 Å². The number of carbonyl (C=O) groups excluding carboxylic acids is 2. The van der Waals surface area contributed by atoms with Crippen molar-refractivity contribution in [2.24, 2.45) is 5.92 Å². The fourth-order valence-corrected chi connectivity index (χ4v) is 2.47. The molecule has 1 fully saturated rings. The third-order valence-corrected chi connectivity index (χ3v) is 3.70. The highest BCUT2D eigenvalue weighted by Crippen LogP contribution is 2.16.